The highest BCUT2D eigenvalue weighted by molar-refractivity contribution is 9.10. The monoisotopic (exact) mass is 276 g/mol. The minimum absolute atomic E-state index is 0.626. The normalized spacial score (nSPS) is 9.75. The topological polar surface area (TPSA) is 64.5 Å². The average molecular weight is 277 g/mol. The Balaban J connectivity index is 2.10. The van der Waals surface area contributed by atoms with E-state index in [-0.39, 0.29) is 0 Å². The van der Waals surface area contributed by atoms with Gasteiger partial charge in [0.2, 0.25) is 0 Å². The first kappa shape index (κ1) is 10.7. The van der Waals surface area contributed by atoms with Crippen molar-refractivity contribution in [2.24, 2.45) is 0 Å². The van der Waals surface area contributed by atoms with Crippen molar-refractivity contribution in [2.45, 2.75) is 6.54 Å². The summed E-state index contributed by atoms with van der Waals surface area (Å²) in [6, 6.07) is 9.52. The lowest BCUT2D eigenvalue weighted by molar-refractivity contribution is 0.981. The molecule has 0 bridgehead atoms. The molecule has 2 rings (SSSR count). The standard InChI is InChI=1S/C11H9BrN4/c12-9-3-8(6-13)4-11(5-9)14-7-10-1-2-15-16-10/h1-5,14H,7H2,(H,15,16). The van der Waals surface area contributed by atoms with Gasteiger partial charge in [-0.15, -0.1) is 0 Å². The number of aromatic nitrogens is 2. The zero-order chi connectivity index (χ0) is 11.4. The molecule has 0 atom stereocenters. The largest absolute Gasteiger partial charge is 0.379 e. The molecule has 0 fully saturated rings. The van der Waals surface area contributed by atoms with Gasteiger partial charge in [0.05, 0.1) is 23.9 Å². The molecule has 0 unspecified atom stereocenters. The second-order valence-corrected chi connectivity index (χ2v) is 4.19. The summed E-state index contributed by atoms with van der Waals surface area (Å²) in [7, 11) is 0. The molecular weight excluding hydrogens is 268 g/mol. The van der Waals surface area contributed by atoms with Gasteiger partial charge in [0.25, 0.3) is 0 Å². The first-order valence-electron chi connectivity index (χ1n) is 4.71. The lowest BCUT2D eigenvalue weighted by Crippen LogP contribution is -2.00. The van der Waals surface area contributed by atoms with Crippen LogP contribution in [0.4, 0.5) is 5.69 Å². The van der Waals surface area contributed by atoms with Crippen LogP contribution < -0.4 is 5.32 Å². The summed E-state index contributed by atoms with van der Waals surface area (Å²) in [5, 5.41) is 18.8. The summed E-state index contributed by atoms with van der Waals surface area (Å²) >= 11 is 3.36. The van der Waals surface area contributed by atoms with Crippen molar-refractivity contribution in [1.29, 1.82) is 5.26 Å². The zero-order valence-corrected chi connectivity index (χ0v) is 9.95. The van der Waals surface area contributed by atoms with Crippen molar-refractivity contribution in [3.63, 3.8) is 0 Å². The van der Waals surface area contributed by atoms with Crippen LogP contribution in [0.5, 0.6) is 0 Å². The van der Waals surface area contributed by atoms with Gasteiger partial charge >= 0.3 is 0 Å². The van der Waals surface area contributed by atoms with Crippen molar-refractivity contribution >= 4 is 21.6 Å². The molecule has 1 heterocycles. The Bertz CT molecular complexity index is 513. The van der Waals surface area contributed by atoms with Gasteiger partial charge in [-0.05, 0) is 24.3 Å². The van der Waals surface area contributed by atoms with Gasteiger partial charge in [-0.25, -0.2) is 0 Å². The Hall–Kier alpha value is -1.80. The fourth-order valence-electron chi connectivity index (χ4n) is 1.34. The van der Waals surface area contributed by atoms with Crippen LogP contribution in [0.3, 0.4) is 0 Å². The maximum atomic E-state index is 8.82. The number of nitrogens with one attached hydrogen (secondary N) is 2. The van der Waals surface area contributed by atoms with Crippen molar-refractivity contribution < 1.29 is 0 Å². The highest BCUT2D eigenvalue weighted by Crippen LogP contribution is 2.19. The number of aromatic amines is 1. The fourth-order valence-corrected chi connectivity index (χ4v) is 1.83. The highest BCUT2D eigenvalue weighted by Gasteiger charge is 1.99. The molecule has 0 aliphatic rings. The molecule has 16 heavy (non-hydrogen) atoms. The van der Waals surface area contributed by atoms with Crippen LogP contribution >= 0.6 is 15.9 Å². The Morgan fingerprint density at radius 3 is 3.00 bits per heavy atom. The van der Waals surface area contributed by atoms with Gasteiger partial charge < -0.3 is 5.32 Å². The first-order chi connectivity index (χ1) is 7.78. The predicted molar refractivity (Wildman–Crippen MR) is 64.8 cm³/mol. The third-order valence-electron chi connectivity index (χ3n) is 2.07. The number of halogens is 1. The van der Waals surface area contributed by atoms with E-state index in [9.17, 15) is 0 Å². The first-order valence-corrected chi connectivity index (χ1v) is 5.50. The maximum absolute atomic E-state index is 8.82. The summed E-state index contributed by atoms with van der Waals surface area (Å²) in [5.74, 6) is 0. The zero-order valence-electron chi connectivity index (χ0n) is 8.37. The molecule has 2 aromatic rings. The SMILES string of the molecule is N#Cc1cc(Br)cc(NCc2ccn[nH]2)c1. The van der Waals surface area contributed by atoms with Crippen LogP contribution in [0.15, 0.2) is 34.9 Å². The molecule has 5 heteroatoms. The summed E-state index contributed by atoms with van der Waals surface area (Å²) in [6.45, 7) is 0.654. The van der Waals surface area contributed by atoms with E-state index in [1.807, 2.05) is 12.1 Å². The smallest absolute Gasteiger partial charge is 0.0992 e. The molecule has 2 N–H and O–H groups in total. The van der Waals surface area contributed by atoms with Gasteiger partial charge in [-0.2, -0.15) is 10.4 Å². The Morgan fingerprint density at radius 1 is 1.44 bits per heavy atom. The highest BCUT2D eigenvalue weighted by atomic mass is 79.9. The lowest BCUT2D eigenvalue weighted by atomic mass is 10.2. The van der Waals surface area contributed by atoms with E-state index >= 15 is 0 Å². The third kappa shape index (κ3) is 2.61. The molecule has 0 aliphatic carbocycles. The van der Waals surface area contributed by atoms with Crippen LogP contribution in [0, 0.1) is 11.3 Å². The van der Waals surface area contributed by atoms with Gasteiger partial charge in [0, 0.05) is 16.4 Å². The van der Waals surface area contributed by atoms with Crippen molar-refractivity contribution in [3.8, 4) is 6.07 Å². The minimum Gasteiger partial charge on any atom is -0.379 e. The number of rotatable bonds is 3. The summed E-state index contributed by atoms with van der Waals surface area (Å²) in [5.41, 5.74) is 2.53. The molecule has 0 saturated heterocycles. The quantitative estimate of drug-likeness (QED) is 0.906. The minimum atomic E-state index is 0.626. The van der Waals surface area contributed by atoms with E-state index < -0.39 is 0 Å². The molecule has 0 amide bonds. The molecule has 80 valence electrons. The summed E-state index contributed by atoms with van der Waals surface area (Å²) in [6.07, 6.45) is 1.71. The third-order valence-corrected chi connectivity index (χ3v) is 2.53. The Kier molecular flexibility index (Phi) is 3.22. The van der Waals surface area contributed by atoms with Crippen LogP contribution in [-0.2, 0) is 6.54 Å². The van der Waals surface area contributed by atoms with Gasteiger partial charge in [0.15, 0.2) is 0 Å². The van der Waals surface area contributed by atoms with Crippen molar-refractivity contribution in [1.82, 2.24) is 10.2 Å². The van der Waals surface area contributed by atoms with E-state index in [4.69, 9.17) is 5.26 Å². The second-order valence-electron chi connectivity index (χ2n) is 3.28. The van der Waals surface area contributed by atoms with Gasteiger partial charge in [0.1, 0.15) is 0 Å². The Labute approximate surface area is 101 Å². The molecule has 0 radical (unpaired) electrons. The number of H-pyrrole nitrogens is 1. The maximum Gasteiger partial charge on any atom is 0.0992 e. The number of anilines is 1. The average Bonchev–Trinajstić information content (AvgIpc) is 2.78. The lowest BCUT2D eigenvalue weighted by Gasteiger charge is -2.05. The number of hydrogen-bond donors (Lipinski definition) is 2. The molecule has 1 aromatic carbocycles. The van der Waals surface area contributed by atoms with Crippen LogP contribution in [0.1, 0.15) is 11.3 Å². The molecule has 1 aromatic heterocycles. The molecule has 0 aliphatic heterocycles. The van der Waals surface area contributed by atoms with E-state index in [2.05, 4.69) is 37.5 Å². The van der Waals surface area contributed by atoms with E-state index in [0.717, 1.165) is 15.9 Å². The summed E-state index contributed by atoms with van der Waals surface area (Å²) < 4.78 is 0.888. The number of nitrogens with zero attached hydrogens (tertiary/aromatic N) is 2. The fraction of sp³-hybridized carbons (Fsp3) is 0.0909. The van der Waals surface area contributed by atoms with Crippen molar-refractivity contribution in [3.05, 3.63) is 46.2 Å². The number of nitriles is 1. The Morgan fingerprint density at radius 2 is 2.31 bits per heavy atom. The molecule has 0 saturated carbocycles. The second kappa shape index (κ2) is 4.81. The molecule has 0 spiro atoms. The van der Waals surface area contributed by atoms with Crippen LogP contribution in [-0.4, -0.2) is 10.2 Å². The van der Waals surface area contributed by atoms with E-state index in [0.29, 0.717) is 12.1 Å². The van der Waals surface area contributed by atoms with Crippen LogP contribution in [0.25, 0.3) is 0 Å². The molecule has 4 nitrogen and oxygen atoms in total. The van der Waals surface area contributed by atoms with Crippen molar-refractivity contribution in [2.75, 3.05) is 5.32 Å². The summed E-state index contributed by atoms with van der Waals surface area (Å²) in [4.78, 5) is 0. The van der Waals surface area contributed by atoms with E-state index in [1.54, 1.807) is 18.3 Å². The van der Waals surface area contributed by atoms with Crippen LogP contribution in [0.2, 0.25) is 0 Å². The number of benzene rings is 1. The van der Waals surface area contributed by atoms with E-state index in [1.165, 1.54) is 0 Å². The van der Waals surface area contributed by atoms with Gasteiger partial charge in [-0.3, -0.25) is 5.10 Å². The number of hydrogen-bond acceptors (Lipinski definition) is 3. The molecular formula is C11H9BrN4. The predicted octanol–water partition coefficient (Wildman–Crippen LogP) is 2.66. The van der Waals surface area contributed by atoms with Gasteiger partial charge in [-0.1, -0.05) is 15.9 Å².